The highest BCUT2D eigenvalue weighted by molar-refractivity contribution is 5.29. The Morgan fingerprint density at radius 2 is 2.29 bits per heavy atom. The SMILES string of the molecule is CNCc1ccncc1OCC(C)C. The van der Waals surface area contributed by atoms with Crippen LogP contribution in [0, 0.1) is 5.92 Å². The molecule has 3 heteroatoms. The Morgan fingerprint density at radius 3 is 2.93 bits per heavy atom. The van der Waals surface area contributed by atoms with Crippen LogP contribution in [0.1, 0.15) is 19.4 Å². The lowest BCUT2D eigenvalue weighted by Gasteiger charge is -2.11. The number of aromatic nitrogens is 1. The van der Waals surface area contributed by atoms with Gasteiger partial charge in [0.1, 0.15) is 5.75 Å². The second kappa shape index (κ2) is 5.60. The molecular weight excluding hydrogens is 176 g/mol. The van der Waals surface area contributed by atoms with Crippen LogP contribution in [0.2, 0.25) is 0 Å². The molecule has 1 rings (SSSR count). The van der Waals surface area contributed by atoms with Crippen LogP contribution in [0.5, 0.6) is 5.75 Å². The van der Waals surface area contributed by atoms with Crippen molar-refractivity contribution in [1.29, 1.82) is 0 Å². The summed E-state index contributed by atoms with van der Waals surface area (Å²) in [6.07, 6.45) is 3.56. The lowest BCUT2D eigenvalue weighted by Crippen LogP contribution is -2.10. The second-order valence-corrected chi connectivity index (χ2v) is 3.72. The number of hydrogen-bond acceptors (Lipinski definition) is 3. The minimum Gasteiger partial charge on any atom is -0.491 e. The molecule has 0 amide bonds. The lowest BCUT2D eigenvalue weighted by molar-refractivity contribution is 0.267. The third-order valence-corrected chi connectivity index (χ3v) is 1.81. The summed E-state index contributed by atoms with van der Waals surface area (Å²) in [4.78, 5) is 4.05. The van der Waals surface area contributed by atoms with Crippen molar-refractivity contribution in [3.05, 3.63) is 24.0 Å². The summed E-state index contributed by atoms with van der Waals surface area (Å²) >= 11 is 0. The maximum Gasteiger partial charge on any atom is 0.142 e. The van der Waals surface area contributed by atoms with E-state index in [4.69, 9.17) is 4.74 Å². The molecule has 78 valence electrons. The fourth-order valence-electron chi connectivity index (χ4n) is 1.13. The molecule has 3 nitrogen and oxygen atoms in total. The van der Waals surface area contributed by atoms with E-state index in [9.17, 15) is 0 Å². The van der Waals surface area contributed by atoms with E-state index in [-0.39, 0.29) is 0 Å². The van der Waals surface area contributed by atoms with E-state index >= 15 is 0 Å². The number of nitrogens with one attached hydrogen (secondary N) is 1. The Bertz CT molecular complexity index is 274. The van der Waals surface area contributed by atoms with Gasteiger partial charge in [-0.2, -0.15) is 0 Å². The van der Waals surface area contributed by atoms with Crippen molar-refractivity contribution in [2.24, 2.45) is 5.92 Å². The van der Waals surface area contributed by atoms with Crippen LogP contribution >= 0.6 is 0 Å². The topological polar surface area (TPSA) is 34.2 Å². The summed E-state index contributed by atoms with van der Waals surface area (Å²) in [7, 11) is 1.92. The fraction of sp³-hybridized carbons (Fsp3) is 0.545. The Kier molecular flexibility index (Phi) is 4.40. The molecule has 0 aliphatic carbocycles. The lowest BCUT2D eigenvalue weighted by atomic mass is 10.2. The first kappa shape index (κ1) is 11.0. The molecule has 0 fully saturated rings. The highest BCUT2D eigenvalue weighted by atomic mass is 16.5. The van der Waals surface area contributed by atoms with Gasteiger partial charge in [0.2, 0.25) is 0 Å². The minimum absolute atomic E-state index is 0.539. The monoisotopic (exact) mass is 194 g/mol. The van der Waals surface area contributed by atoms with E-state index in [0.717, 1.165) is 24.5 Å². The summed E-state index contributed by atoms with van der Waals surface area (Å²) in [5.41, 5.74) is 1.16. The number of nitrogens with zero attached hydrogens (tertiary/aromatic N) is 1. The molecule has 14 heavy (non-hydrogen) atoms. The average Bonchev–Trinajstić information content (AvgIpc) is 2.17. The Labute approximate surface area is 85.5 Å². The zero-order chi connectivity index (χ0) is 10.4. The third-order valence-electron chi connectivity index (χ3n) is 1.81. The van der Waals surface area contributed by atoms with Crippen LogP contribution in [0.15, 0.2) is 18.5 Å². The number of ether oxygens (including phenoxy) is 1. The van der Waals surface area contributed by atoms with Gasteiger partial charge in [0, 0.05) is 18.3 Å². The van der Waals surface area contributed by atoms with E-state index < -0.39 is 0 Å². The Morgan fingerprint density at radius 1 is 1.50 bits per heavy atom. The van der Waals surface area contributed by atoms with Gasteiger partial charge in [0.05, 0.1) is 12.8 Å². The van der Waals surface area contributed by atoms with Crippen LogP contribution in [-0.2, 0) is 6.54 Å². The van der Waals surface area contributed by atoms with Crippen LogP contribution in [-0.4, -0.2) is 18.6 Å². The molecule has 0 atom stereocenters. The van der Waals surface area contributed by atoms with Gasteiger partial charge in [-0.3, -0.25) is 4.98 Å². The van der Waals surface area contributed by atoms with Gasteiger partial charge in [-0.15, -0.1) is 0 Å². The van der Waals surface area contributed by atoms with Crippen molar-refractivity contribution >= 4 is 0 Å². The summed E-state index contributed by atoms with van der Waals surface area (Å²) < 4.78 is 5.65. The van der Waals surface area contributed by atoms with Crippen LogP contribution < -0.4 is 10.1 Å². The Balaban J connectivity index is 2.64. The smallest absolute Gasteiger partial charge is 0.142 e. The van der Waals surface area contributed by atoms with Gasteiger partial charge in [0.25, 0.3) is 0 Å². The molecule has 1 heterocycles. The highest BCUT2D eigenvalue weighted by Gasteiger charge is 2.03. The molecule has 0 spiro atoms. The zero-order valence-electron chi connectivity index (χ0n) is 9.08. The van der Waals surface area contributed by atoms with E-state index in [1.54, 1.807) is 12.4 Å². The van der Waals surface area contributed by atoms with E-state index in [1.165, 1.54) is 0 Å². The molecule has 1 aromatic heterocycles. The van der Waals surface area contributed by atoms with E-state index in [2.05, 4.69) is 24.1 Å². The molecule has 0 aromatic carbocycles. The quantitative estimate of drug-likeness (QED) is 0.776. The van der Waals surface area contributed by atoms with Crippen LogP contribution in [0.3, 0.4) is 0 Å². The zero-order valence-corrected chi connectivity index (χ0v) is 9.08. The number of pyridine rings is 1. The van der Waals surface area contributed by atoms with Crippen LogP contribution in [0.4, 0.5) is 0 Å². The van der Waals surface area contributed by atoms with Gasteiger partial charge in [-0.05, 0) is 19.0 Å². The first-order valence-electron chi connectivity index (χ1n) is 4.94. The first-order chi connectivity index (χ1) is 6.74. The van der Waals surface area contributed by atoms with Crippen molar-refractivity contribution in [3.63, 3.8) is 0 Å². The summed E-state index contributed by atoms with van der Waals surface area (Å²) in [6.45, 7) is 5.82. The highest BCUT2D eigenvalue weighted by Crippen LogP contribution is 2.16. The van der Waals surface area contributed by atoms with Gasteiger partial charge < -0.3 is 10.1 Å². The van der Waals surface area contributed by atoms with Crippen molar-refractivity contribution < 1.29 is 4.74 Å². The molecule has 0 aliphatic rings. The molecule has 0 radical (unpaired) electrons. The summed E-state index contributed by atoms with van der Waals surface area (Å²) in [5, 5.41) is 3.10. The molecule has 0 saturated carbocycles. The normalized spacial score (nSPS) is 10.6. The third kappa shape index (κ3) is 3.34. The first-order valence-corrected chi connectivity index (χ1v) is 4.94. The predicted molar refractivity (Wildman–Crippen MR) is 57.3 cm³/mol. The van der Waals surface area contributed by atoms with Gasteiger partial charge in [-0.1, -0.05) is 13.8 Å². The van der Waals surface area contributed by atoms with E-state index in [0.29, 0.717) is 5.92 Å². The molecule has 0 aliphatic heterocycles. The van der Waals surface area contributed by atoms with Gasteiger partial charge in [0.15, 0.2) is 0 Å². The van der Waals surface area contributed by atoms with Crippen molar-refractivity contribution in [3.8, 4) is 5.75 Å². The van der Waals surface area contributed by atoms with E-state index in [1.807, 2.05) is 13.1 Å². The molecular formula is C11H18N2O. The maximum atomic E-state index is 5.65. The summed E-state index contributed by atoms with van der Waals surface area (Å²) in [5.74, 6) is 1.42. The minimum atomic E-state index is 0.539. The average molecular weight is 194 g/mol. The number of hydrogen-bond donors (Lipinski definition) is 1. The standard InChI is InChI=1S/C11H18N2O/c1-9(2)8-14-11-7-13-5-4-10(11)6-12-3/h4-5,7,9,12H,6,8H2,1-3H3. The Hall–Kier alpha value is -1.09. The number of rotatable bonds is 5. The molecule has 0 saturated heterocycles. The van der Waals surface area contributed by atoms with Gasteiger partial charge in [-0.25, -0.2) is 0 Å². The molecule has 1 N–H and O–H groups in total. The fourth-order valence-corrected chi connectivity index (χ4v) is 1.13. The van der Waals surface area contributed by atoms with Gasteiger partial charge >= 0.3 is 0 Å². The summed E-state index contributed by atoms with van der Waals surface area (Å²) in [6, 6.07) is 1.98. The van der Waals surface area contributed by atoms with Crippen molar-refractivity contribution in [1.82, 2.24) is 10.3 Å². The maximum absolute atomic E-state index is 5.65. The molecule has 1 aromatic rings. The second-order valence-electron chi connectivity index (χ2n) is 3.72. The van der Waals surface area contributed by atoms with Crippen molar-refractivity contribution in [2.75, 3.05) is 13.7 Å². The predicted octanol–water partition coefficient (Wildman–Crippen LogP) is 1.84. The molecule has 0 unspecified atom stereocenters. The largest absolute Gasteiger partial charge is 0.491 e. The molecule has 0 bridgehead atoms. The van der Waals surface area contributed by atoms with Crippen LogP contribution in [0.25, 0.3) is 0 Å². The van der Waals surface area contributed by atoms with Crippen molar-refractivity contribution in [2.45, 2.75) is 20.4 Å².